The summed E-state index contributed by atoms with van der Waals surface area (Å²) in [6, 6.07) is 9.79. The SMILES string of the molecule is CC[C@@H](Sc1ncnc2sc3c(c12)CC[C@H](C)C3)C(=O)OCc1ccccc1. The molecule has 28 heavy (non-hydrogen) atoms. The van der Waals surface area contributed by atoms with Crippen LogP contribution in [0.5, 0.6) is 0 Å². The maximum atomic E-state index is 12.7. The fraction of sp³-hybridized carbons (Fsp3) is 0.409. The van der Waals surface area contributed by atoms with Crippen molar-refractivity contribution in [2.45, 2.75) is 56.4 Å². The quantitative estimate of drug-likeness (QED) is 0.307. The minimum atomic E-state index is -0.264. The number of thiophene rings is 1. The first kappa shape index (κ1) is 19.4. The highest BCUT2D eigenvalue weighted by atomic mass is 32.2. The van der Waals surface area contributed by atoms with Crippen LogP contribution in [-0.2, 0) is 29.0 Å². The molecule has 0 fully saturated rings. The van der Waals surface area contributed by atoms with E-state index in [0.717, 1.165) is 39.6 Å². The zero-order valence-corrected chi connectivity index (χ0v) is 17.8. The molecule has 1 aromatic carbocycles. The molecular weight excluding hydrogens is 388 g/mol. The average Bonchev–Trinajstić information content (AvgIpc) is 3.09. The molecule has 0 aliphatic heterocycles. The number of rotatable bonds is 6. The van der Waals surface area contributed by atoms with Gasteiger partial charge in [-0.2, -0.15) is 0 Å². The van der Waals surface area contributed by atoms with Gasteiger partial charge in [-0.1, -0.05) is 55.9 Å². The summed E-state index contributed by atoms with van der Waals surface area (Å²) >= 11 is 3.31. The van der Waals surface area contributed by atoms with Gasteiger partial charge in [-0.15, -0.1) is 11.3 Å². The Labute approximate surface area is 173 Å². The largest absolute Gasteiger partial charge is 0.460 e. The van der Waals surface area contributed by atoms with Crippen molar-refractivity contribution in [2.75, 3.05) is 0 Å². The number of carbonyl (C=O) groups is 1. The molecule has 6 heteroatoms. The van der Waals surface area contributed by atoms with Gasteiger partial charge in [0.2, 0.25) is 0 Å². The lowest BCUT2D eigenvalue weighted by Gasteiger charge is -2.18. The summed E-state index contributed by atoms with van der Waals surface area (Å²) in [4.78, 5) is 24.2. The van der Waals surface area contributed by atoms with Crippen LogP contribution in [0, 0.1) is 5.92 Å². The van der Waals surface area contributed by atoms with Crippen molar-refractivity contribution >= 4 is 39.3 Å². The van der Waals surface area contributed by atoms with E-state index in [1.54, 1.807) is 17.7 Å². The van der Waals surface area contributed by atoms with Crippen molar-refractivity contribution in [2.24, 2.45) is 5.92 Å². The highest BCUT2D eigenvalue weighted by molar-refractivity contribution is 8.00. The van der Waals surface area contributed by atoms with E-state index in [4.69, 9.17) is 4.74 Å². The van der Waals surface area contributed by atoms with Crippen LogP contribution in [0.4, 0.5) is 0 Å². The van der Waals surface area contributed by atoms with Gasteiger partial charge in [0.05, 0.1) is 0 Å². The molecule has 1 aliphatic carbocycles. The third-order valence-corrected chi connectivity index (χ3v) is 7.67. The highest BCUT2D eigenvalue weighted by Gasteiger charge is 2.26. The Balaban J connectivity index is 1.53. The molecule has 0 saturated heterocycles. The Morgan fingerprint density at radius 2 is 2.14 bits per heavy atom. The maximum Gasteiger partial charge on any atom is 0.319 e. The fourth-order valence-corrected chi connectivity index (χ4v) is 6.05. The van der Waals surface area contributed by atoms with Gasteiger partial charge in [-0.3, -0.25) is 4.79 Å². The molecule has 0 saturated carbocycles. The minimum Gasteiger partial charge on any atom is -0.460 e. The Morgan fingerprint density at radius 1 is 1.32 bits per heavy atom. The standard InChI is InChI=1S/C22H24N2O2S2/c1-3-17(22(25)26-12-15-7-5-4-6-8-15)27-20-19-16-10-9-14(2)11-18(16)28-21(19)24-13-23-20/h4-8,13-14,17H,3,9-12H2,1-2H3/t14-,17+/m0/s1. The molecule has 2 aromatic heterocycles. The molecule has 0 bridgehead atoms. The summed E-state index contributed by atoms with van der Waals surface area (Å²) in [7, 11) is 0. The number of carbonyl (C=O) groups excluding carboxylic acids is 1. The van der Waals surface area contributed by atoms with E-state index < -0.39 is 0 Å². The van der Waals surface area contributed by atoms with Crippen LogP contribution in [0.1, 0.15) is 42.7 Å². The molecule has 3 aromatic rings. The third-order valence-electron chi connectivity index (χ3n) is 5.17. The van der Waals surface area contributed by atoms with Gasteiger partial charge in [0.15, 0.2) is 0 Å². The van der Waals surface area contributed by atoms with E-state index in [9.17, 15) is 4.79 Å². The van der Waals surface area contributed by atoms with Crippen LogP contribution >= 0.6 is 23.1 Å². The normalized spacial score (nSPS) is 17.3. The van der Waals surface area contributed by atoms with Crippen LogP contribution < -0.4 is 0 Å². The lowest BCUT2D eigenvalue weighted by molar-refractivity contribution is -0.144. The summed E-state index contributed by atoms with van der Waals surface area (Å²) in [5.74, 6) is 0.543. The van der Waals surface area contributed by atoms with Gasteiger partial charge in [-0.05, 0) is 42.7 Å². The predicted octanol–water partition coefficient (Wildman–Crippen LogP) is 5.43. The van der Waals surface area contributed by atoms with E-state index in [0.29, 0.717) is 13.0 Å². The second kappa shape index (κ2) is 8.62. The van der Waals surface area contributed by atoms with E-state index >= 15 is 0 Å². The van der Waals surface area contributed by atoms with Crippen molar-refractivity contribution < 1.29 is 9.53 Å². The Morgan fingerprint density at radius 3 is 2.93 bits per heavy atom. The van der Waals surface area contributed by atoms with Gasteiger partial charge in [0, 0.05) is 10.3 Å². The lowest BCUT2D eigenvalue weighted by atomic mass is 9.89. The van der Waals surface area contributed by atoms with Crippen molar-refractivity contribution in [3.8, 4) is 0 Å². The summed E-state index contributed by atoms with van der Waals surface area (Å²) in [5, 5.41) is 1.81. The van der Waals surface area contributed by atoms with E-state index in [-0.39, 0.29) is 11.2 Å². The van der Waals surface area contributed by atoms with Crippen LogP contribution in [0.2, 0.25) is 0 Å². The number of fused-ring (bicyclic) bond motifs is 3. The number of hydrogen-bond donors (Lipinski definition) is 0. The number of ether oxygens (including phenoxy) is 1. The predicted molar refractivity (Wildman–Crippen MR) is 115 cm³/mol. The van der Waals surface area contributed by atoms with E-state index in [1.165, 1.54) is 28.6 Å². The third kappa shape index (κ3) is 4.08. The van der Waals surface area contributed by atoms with Gasteiger partial charge < -0.3 is 4.74 Å². The summed E-state index contributed by atoms with van der Waals surface area (Å²) < 4.78 is 5.57. The molecule has 2 heterocycles. The molecule has 0 radical (unpaired) electrons. The van der Waals surface area contributed by atoms with Gasteiger partial charge >= 0.3 is 5.97 Å². The van der Waals surface area contributed by atoms with Crippen molar-refractivity contribution in [3.05, 3.63) is 52.7 Å². The van der Waals surface area contributed by atoms with E-state index in [2.05, 4.69) is 16.9 Å². The van der Waals surface area contributed by atoms with Crippen LogP contribution in [0.25, 0.3) is 10.2 Å². The first-order chi connectivity index (χ1) is 13.7. The second-order valence-electron chi connectivity index (χ2n) is 7.32. The lowest BCUT2D eigenvalue weighted by Crippen LogP contribution is -2.19. The molecular formula is C22H24N2O2S2. The number of aromatic nitrogens is 2. The zero-order chi connectivity index (χ0) is 19.5. The molecule has 146 valence electrons. The van der Waals surface area contributed by atoms with Crippen molar-refractivity contribution in [3.63, 3.8) is 0 Å². The molecule has 0 amide bonds. The number of benzene rings is 1. The van der Waals surface area contributed by atoms with Gasteiger partial charge in [0.1, 0.15) is 28.0 Å². The number of aryl methyl sites for hydroxylation is 1. The topological polar surface area (TPSA) is 52.1 Å². The number of esters is 1. The fourth-order valence-electron chi connectivity index (χ4n) is 3.59. The smallest absolute Gasteiger partial charge is 0.319 e. The second-order valence-corrected chi connectivity index (χ2v) is 9.59. The molecule has 0 spiro atoms. The van der Waals surface area contributed by atoms with Crippen LogP contribution in [0.15, 0.2) is 41.7 Å². The Kier molecular flexibility index (Phi) is 5.97. The van der Waals surface area contributed by atoms with Gasteiger partial charge in [0.25, 0.3) is 0 Å². The first-order valence-electron chi connectivity index (χ1n) is 9.78. The summed E-state index contributed by atoms with van der Waals surface area (Å²) in [6.07, 6.45) is 5.73. The summed E-state index contributed by atoms with van der Waals surface area (Å²) in [5.41, 5.74) is 2.40. The van der Waals surface area contributed by atoms with Crippen molar-refractivity contribution in [1.29, 1.82) is 0 Å². The molecule has 0 N–H and O–H groups in total. The maximum absolute atomic E-state index is 12.7. The molecule has 4 nitrogen and oxygen atoms in total. The first-order valence-corrected chi connectivity index (χ1v) is 11.5. The molecule has 4 rings (SSSR count). The highest BCUT2D eigenvalue weighted by Crippen LogP contribution is 2.41. The molecule has 0 unspecified atom stereocenters. The minimum absolute atomic E-state index is 0.180. The molecule has 1 aliphatic rings. The Hall–Kier alpha value is -1.92. The number of hydrogen-bond acceptors (Lipinski definition) is 6. The van der Waals surface area contributed by atoms with Crippen LogP contribution in [-0.4, -0.2) is 21.2 Å². The monoisotopic (exact) mass is 412 g/mol. The molecule has 2 atom stereocenters. The van der Waals surface area contributed by atoms with E-state index in [1.807, 2.05) is 37.3 Å². The number of nitrogens with zero attached hydrogens (tertiary/aromatic N) is 2. The number of thioether (sulfide) groups is 1. The summed E-state index contributed by atoms with van der Waals surface area (Å²) in [6.45, 7) is 4.64. The van der Waals surface area contributed by atoms with Crippen LogP contribution in [0.3, 0.4) is 0 Å². The van der Waals surface area contributed by atoms with Gasteiger partial charge in [-0.25, -0.2) is 9.97 Å². The van der Waals surface area contributed by atoms with Crippen molar-refractivity contribution in [1.82, 2.24) is 9.97 Å². The Bertz CT molecular complexity index is 971. The zero-order valence-electron chi connectivity index (χ0n) is 16.2. The average molecular weight is 413 g/mol.